The lowest BCUT2D eigenvalue weighted by Gasteiger charge is -2.17. The highest BCUT2D eigenvalue weighted by atomic mass is 31.1. The Morgan fingerprint density at radius 1 is 0.947 bits per heavy atom. The summed E-state index contributed by atoms with van der Waals surface area (Å²) in [5.74, 6) is 1.20. The van der Waals surface area contributed by atoms with E-state index in [2.05, 4.69) is 27.7 Å². The number of hydrogen-bond donors (Lipinski definition) is 0. The third kappa shape index (κ3) is 10.6. The molecule has 0 heterocycles. The van der Waals surface area contributed by atoms with Gasteiger partial charge in [-0.15, -0.1) is 0 Å². The molecular formula is C16H36O2P+. The van der Waals surface area contributed by atoms with E-state index < -0.39 is 8.03 Å². The smallest absolute Gasteiger partial charge is 0.330 e. The highest BCUT2D eigenvalue weighted by molar-refractivity contribution is 7.39. The topological polar surface area (TPSA) is 26.3 Å². The van der Waals surface area contributed by atoms with Crippen molar-refractivity contribution in [2.45, 2.75) is 79.1 Å². The Hall–Kier alpha value is 0.190. The van der Waals surface area contributed by atoms with Crippen LogP contribution in [0.25, 0.3) is 0 Å². The van der Waals surface area contributed by atoms with E-state index >= 15 is 0 Å². The van der Waals surface area contributed by atoms with Crippen molar-refractivity contribution in [1.29, 1.82) is 0 Å². The molecule has 0 fully saturated rings. The summed E-state index contributed by atoms with van der Waals surface area (Å²) in [6, 6.07) is 0. The molecule has 0 spiro atoms. The minimum absolute atomic E-state index is 0. The largest absolute Gasteiger partial charge is 1.00 e. The predicted octanol–water partition coefficient (Wildman–Crippen LogP) is 6.02. The van der Waals surface area contributed by atoms with E-state index in [9.17, 15) is 4.57 Å². The van der Waals surface area contributed by atoms with Crippen molar-refractivity contribution < 1.29 is 10.5 Å². The van der Waals surface area contributed by atoms with E-state index in [1.54, 1.807) is 0 Å². The Labute approximate surface area is 123 Å². The molecule has 3 atom stereocenters. The molecule has 3 heteroatoms. The quantitative estimate of drug-likeness (QED) is 0.388. The molecule has 19 heavy (non-hydrogen) atoms. The highest BCUT2D eigenvalue weighted by Gasteiger charge is 2.13. The molecule has 0 aliphatic rings. The van der Waals surface area contributed by atoms with Gasteiger partial charge < -0.3 is 4.52 Å². The van der Waals surface area contributed by atoms with Crippen molar-refractivity contribution in [3.8, 4) is 0 Å². The lowest BCUT2D eigenvalue weighted by molar-refractivity contribution is 0.241. The fraction of sp³-hybridized carbons (Fsp3) is 1.00. The monoisotopic (exact) mass is 291 g/mol. The van der Waals surface area contributed by atoms with Crippen molar-refractivity contribution in [2.24, 2.45) is 11.8 Å². The average Bonchev–Trinajstić information content (AvgIpc) is 2.43. The van der Waals surface area contributed by atoms with Crippen LogP contribution in [0.5, 0.6) is 0 Å². The van der Waals surface area contributed by atoms with Crippen molar-refractivity contribution in [1.82, 2.24) is 0 Å². The summed E-state index contributed by atoms with van der Waals surface area (Å²) in [5.41, 5.74) is 0. The summed E-state index contributed by atoms with van der Waals surface area (Å²) in [6.45, 7) is 9.54. The fourth-order valence-electron chi connectivity index (χ4n) is 2.35. The first-order chi connectivity index (χ1) is 9.17. The van der Waals surface area contributed by atoms with Gasteiger partial charge in [0, 0.05) is 6.16 Å². The molecule has 0 aliphatic carbocycles. The molecule has 0 N–H and O–H groups in total. The molecule has 0 aromatic rings. The van der Waals surface area contributed by atoms with Gasteiger partial charge in [-0.1, -0.05) is 66.2 Å². The predicted molar refractivity (Wildman–Crippen MR) is 87.5 cm³/mol. The molecule has 2 nitrogen and oxygen atoms in total. The first kappa shape index (κ1) is 19.2. The highest BCUT2D eigenvalue weighted by Crippen LogP contribution is 2.31. The van der Waals surface area contributed by atoms with E-state index in [1.807, 2.05) is 0 Å². The van der Waals surface area contributed by atoms with E-state index in [-0.39, 0.29) is 1.43 Å². The van der Waals surface area contributed by atoms with Crippen molar-refractivity contribution in [3.63, 3.8) is 0 Å². The first-order valence-corrected chi connectivity index (χ1v) is 9.85. The normalized spacial score (nSPS) is 16.2. The SMILES string of the molecule is CCCCC(CC)CO[PH](=O)CC(CC)CCCC.[H+]. The fourth-order valence-corrected chi connectivity index (χ4v) is 3.85. The van der Waals surface area contributed by atoms with Gasteiger partial charge in [-0.05, 0) is 24.7 Å². The first-order valence-electron chi connectivity index (χ1n) is 8.33. The molecule has 0 amide bonds. The van der Waals surface area contributed by atoms with E-state index in [4.69, 9.17) is 4.52 Å². The maximum Gasteiger partial charge on any atom is 1.00 e. The second-order valence-electron chi connectivity index (χ2n) is 5.72. The lowest BCUT2D eigenvalue weighted by atomic mass is 10.0. The van der Waals surface area contributed by atoms with E-state index in [1.165, 1.54) is 38.5 Å². The van der Waals surface area contributed by atoms with Crippen molar-refractivity contribution in [2.75, 3.05) is 12.8 Å². The molecule has 0 radical (unpaired) electrons. The second-order valence-corrected chi connectivity index (χ2v) is 7.16. The van der Waals surface area contributed by atoms with Crippen LogP contribution >= 0.6 is 8.03 Å². The molecule has 3 unspecified atom stereocenters. The Morgan fingerprint density at radius 2 is 1.47 bits per heavy atom. The Kier molecular flexibility index (Phi) is 13.3. The maximum absolute atomic E-state index is 12.0. The zero-order valence-corrected chi connectivity index (χ0v) is 14.5. The van der Waals surface area contributed by atoms with Crippen LogP contribution in [-0.2, 0) is 9.09 Å². The Balaban J connectivity index is 0. The summed E-state index contributed by atoms with van der Waals surface area (Å²) in [4.78, 5) is 0. The summed E-state index contributed by atoms with van der Waals surface area (Å²) in [6.07, 6.45) is 10.5. The van der Waals surface area contributed by atoms with Gasteiger partial charge in [-0.3, -0.25) is 4.57 Å². The van der Waals surface area contributed by atoms with E-state index in [0.29, 0.717) is 18.4 Å². The molecule has 0 saturated carbocycles. The number of rotatable bonds is 13. The molecule has 116 valence electrons. The van der Waals surface area contributed by atoms with Gasteiger partial charge in [0.15, 0.2) is 8.03 Å². The molecule has 0 saturated heterocycles. The average molecular weight is 291 g/mol. The molecule has 0 rings (SSSR count). The summed E-state index contributed by atoms with van der Waals surface area (Å²) in [5, 5.41) is 0. The van der Waals surface area contributed by atoms with Crippen LogP contribution in [0.2, 0.25) is 0 Å². The zero-order valence-electron chi connectivity index (χ0n) is 14.5. The third-order valence-corrected chi connectivity index (χ3v) is 5.42. The van der Waals surface area contributed by atoms with Crippen molar-refractivity contribution >= 4 is 8.03 Å². The van der Waals surface area contributed by atoms with Crippen molar-refractivity contribution in [3.05, 3.63) is 0 Å². The zero-order chi connectivity index (χ0) is 14.5. The van der Waals surface area contributed by atoms with Crippen LogP contribution in [0.15, 0.2) is 0 Å². The number of hydrogen-bond acceptors (Lipinski definition) is 2. The van der Waals surface area contributed by atoms with Gasteiger partial charge in [0.1, 0.15) is 0 Å². The van der Waals surface area contributed by atoms with Gasteiger partial charge in [-0.25, -0.2) is 0 Å². The standard InChI is InChI=1S/C16H35O2P/c1-5-9-11-15(7-3)13-18-19(17)14-16(8-4)12-10-6-2/h15-16,19H,5-14H2,1-4H3/p+1. The van der Waals surface area contributed by atoms with Crippen LogP contribution in [0.3, 0.4) is 0 Å². The molecule has 0 aliphatic heterocycles. The van der Waals surface area contributed by atoms with Gasteiger partial charge in [-0.2, -0.15) is 0 Å². The Morgan fingerprint density at radius 3 is 1.95 bits per heavy atom. The molecule has 0 aromatic heterocycles. The van der Waals surface area contributed by atoms with Gasteiger partial charge in [0.25, 0.3) is 0 Å². The van der Waals surface area contributed by atoms with Gasteiger partial charge in [0.05, 0.1) is 6.61 Å². The number of unbranched alkanes of at least 4 members (excludes halogenated alkanes) is 2. The summed E-state index contributed by atoms with van der Waals surface area (Å²) in [7, 11) is -1.81. The van der Waals surface area contributed by atoms with Crippen LogP contribution < -0.4 is 0 Å². The van der Waals surface area contributed by atoms with Crippen LogP contribution in [-0.4, -0.2) is 12.8 Å². The minimum Gasteiger partial charge on any atom is -0.330 e. The summed E-state index contributed by atoms with van der Waals surface area (Å²) < 4.78 is 17.7. The molecule has 0 aromatic carbocycles. The Bertz CT molecular complexity index is 225. The minimum atomic E-state index is -1.81. The maximum atomic E-state index is 12.0. The molecule has 0 bridgehead atoms. The van der Waals surface area contributed by atoms with E-state index in [0.717, 1.165) is 19.0 Å². The third-order valence-electron chi connectivity index (χ3n) is 4.02. The lowest BCUT2D eigenvalue weighted by Crippen LogP contribution is -2.08. The second kappa shape index (κ2) is 13.2. The molecular weight excluding hydrogens is 255 g/mol. The van der Waals surface area contributed by atoms with Crippen LogP contribution in [0, 0.1) is 11.8 Å². The van der Waals surface area contributed by atoms with Crippen LogP contribution in [0.1, 0.15) is 80.5 Å². The van der Waals surface area contributed by atoms with Crippen LogP contribution in [0.4, 0.5) is 0 Å². The van der Waals surface area contributed by atoms with Gasteiger partial charge >= 0.3 is 1.43 Å². The summed E-state index contributed by atoms with van der Waals surface area (Å²) >= 11 is 0. The van der Waals surface area contributed by atoms with Gasteiger partial charge in [0.2, 0.25) is 0 Å².